The van der Waals surface area contributed by atoms with E-state index in [1.807, 2.05) is 0 Å². The highest BCUT2D eigenvalue weighted by molar-refractivity contribution is 8.18. The second-order valence-corrected chi connectivity index (χ2v) is 3.14. The van der Waals surface area contributed by atoms with Crippen LogP contribution in [0.1, 0.15) is 0 Å². The Morgan fingerprint density at radius 3 is 2.91 bits per heavy atom. The van der Waals surface area contributed by atoms with Crippen LogP contribution in [0.15, 0.2) is 27.6 Å². The lowest BCUT2D eigenvalue weighted by atomic mass is 10.2. The second-order valence-electron chi connectivity index (χ2n) is 2.09. The van der Waals surface area contributed by atoms with Gasteiger partial charge in [0.05, 0.1) is 5.57 Å². The van der Waals surface area contributed by atoms with Crippen molar-refractivity contribution in [2.75, 3.05) is 0 Å². The van der Waals surface area contributed by atoms with E-state index in [2.05, 4.69) is 4.99 Å². The largest absolute Gasteiger partial charge is 0.282 e. The number of carbonyl (C=O) groups is 2. The minimum Gasteiger partial charge on any atom is -0.282 e. The van der Waals surface area contributed by atoms with Crippen LogP contribution >= 0.6 is 11.8 Å². The van der Waals surface area contributed by atoms with E-state index in [-0.39, 0.29) is 11.0 Å². The van der Waals surface area contributed by atoms with Crippen molar-refractivity contribution in [2.45, 2.75) is 0 Å². The Bertz CT molecular complexity index is 338. The molecular weight excluding hydrogens is 162 g/mol. The zero-order valence-electron chi connectivity index (χ0n) is 5.40. The third kappa shape index (κ3) is 0.952. The number of dihydropyridines is 1. The first-order chi connectivity index (χ1) is 5.27. The van der Waals surface area contributed by atoms with Crippen molar-refractivity contribution >= 4 is 29.0 Å². The highest BCUT2D eigenvalue weighted by Gasteiger charge is 2.25. The summed E-state index contributed by atoms with van der Waals surface area (Å²) in [6.45, 7) is 0. The van der Waals surface area contributed by atoms with Crippen LogP contribution in [0.5, 0.6) is 0 Å². The van der Waals surface area contributed by atoms with E-state index in [4.69, 9.17) is 0 Å². The molecule has 11 heavy (non-hydrogen) atoms. The van der Waals surface area contributed by atoms with Crippen LogP contribution in [0.3, 0.4) is 0 Å². The Hall–Kier alpha value is -1.16. The molecule has 54 valence electrons. The molecule has 0 unspecified atom stereocenters. The van der Waals surface area contributed by atoms with Crippen LogP contribution in [0.2, 0.25) is 0 Å². The summed E-state index contributed by atoms with van der Waals surface area (Å²) in [6.07, 6.45) is 4.42. The van der Waals surface area contributed by atoms with Gasteiger partial charge in [0, 0.05) is 17.2 Å². The quantitative estimate of drug-likeness (QED) is 0.530. The molecule has 0 spiro atoms. The van der Waals surface area contributed by atoms with Gasteiger partial charge in [-0.15, -0.1) is 0 Å². The molecule has 1 amide bonds. The van der Waals surface area contributed by atoms with E-state index in [1.54, 1.807) is 6.08 Å². The maximum Gasteiger partial charge on any atom is 0.278 e. The second kappa shape index (κ2) is 2.17. The van der Waals surface area contributed by atoms with E-state index in [0.717, 1.165) is 16.7 Å². The van der Waals surface area contributed by atoms with Gasteiger partial charge >= 0.3 is 0 Å². The van der Waals surface area contributed by atoms with Crippen molar-refractivity contribution in [2.24, 2.45) is 4.99 Å². The minimum atomic E-state index is -0.319. The Morgan fingerprint density at radius 1 is 1.36 bits per heavy atom. The van der Waals surface area contributed by atoms with Crippen LogP contribution < -0.4 is 0 Å². The highest BCUT2D eigenvalue weighted by Crippen LogP contribution is 2.33. The fourth-order valence-electron chi connectivity index (χ4n) is 0.915. The maximum absolute atomic E-state index is 10.9. The maximum atomic E-state index is 10.9. The molecule has 0 N–H and O–H groups in total. The molecule has 0 radical (unpaired) electrons. The number of thioether (sulfide) groups is 1. The summed E-state index contributed by atoms with van der Waals surface area (Å²) in [4.78, 5) is 26.0. The van der Waals surface area contributed by atoms with Crippen molar-refractivity contribution in [3.63, 3.8) is 0 Å². The van der Waals surface area contributed by atoms with Gasteiger partial charge < -0.3 is 0 Å². The number of nitrogens with zero attached hydrogens (tertiary/aromatic N) is 1. The summed E-state index contributed by atoms with van der Waals surface area (Å²) in [5.41, 5.74) is 0.433. The van der Waals surface area contributed by atoms with Crippen molar-refractivity contribution in [3.8, 4) is 0 Å². The van der Waals surface area contributed by atoms with Gasteiger partial charge in [0.2, 0.25) is 5.12 Å². The zero-order chi connectivity index (χ0) is 7.84. The van der Waals surface area contributed by atoms with E-state index >= 15 is 0 Å². The number of amides is 1. The zero-order valence-corrected chi connectivity index (χ0v) is 6.22. The summed E-state index contributed by atoms with van der Waals surface area (Å²) in [7, 11) is 0. The van der Waals surface area contributed by atoms with Gasteiger partial charge in [0.15, 0.2) is 0 Å². The molecule has 0 bridgehead atoms. The molecule has 2 rings (SSSR count). The lowest BCUT2D eigenvalue weighted by molar-refractivity contribution is -0.114. The van der Waals surface area contributed by atoms with Gasteiger partial charge in [-0.25, -0.2) is 4.99 Å². The number of rotatable bonds is 0. The van der Waals surface area contributed by atoms with Crippen LogP contribution in [-0.2, 0) is 9.59 Å². The van der Waals surface area contributed by atoms with E-state index < -0.39 is 0 Å². The van der Waals surface area contributed by atoms with E-state index in [1.165, 1.54) is 12.3 Å². The topological polar surface area (TPSA) is 46.5 Å². The van der Waals surface area contributed by atoms with Gasteiger partial charge in [-0.3, -0.25) is 9.59 Å². The van der Waals surface area contributed by atoms with Crippen LogP contribution in [0.4, 0.5) is 0 Å². The molecule has 0 aromatic carbocycles. The predicted octanol–water partition coefficient (Wildman–Crippen LogP) is 0.681. The van der Waals surface area contributed by atoms with Crippen molar-refractivity contribution in [1.29, 1.82) is 0 Å². The number of allylic oxidation sites excluding steroid dienone is 1. The summed E-state index contributed by atoms with van der Waals surface area (Å²) >= 11 is 1.07. The SMILES string of the molecule is O=C1C=C2C(=O)N=CC=C2S1. The predicted molar refractivity (Wildman–Crippen MR) is 42.3 cm³/mol. The average molecular weight is 165 g/mol. The first-order valence-electron chi connectivity index (χ1n) is 3.00. The van der Waals surface area contributed by atoms with Gasteiger partial charge in [-0.05, 0) is 17.8 Å². The number of hydrogen-bond donors (Lipinski definition) is 0. The molecule has 0 aromatic rings. The van der Waals surface area contributed by atoms with Crippen LogP contribution in [-0.4, -0.2) is 17.2 Å². The molecule has 0 saturated heterocycles. The third-order valence-electron chi connectivity index (χ3n) is 1.39. The molecule has 2 aliphatic heterocycles. The van der Waals surface area contributed by atoms with Crippen molar-refractivity contribution < 1.29 is 9.59 Å². The van der Waals surface area contributed by atoms with E-state index in [9.17, 15) is 9.59 Å². The Morgan fingerprint density at radius 2 is 2.18 bits per heavy atom. The lowest BCUT2D eigenvalue weighted by Gasteiger charge is -2.00. The molecule has 2 aliphatic rings. The third-order valence-corrected chi connectivity index (χ3v) is 2.28. The number of fused-ring (bicyclic) bond motifs is 1. The molecule has 2 heterocycles. The standard InChI is InChI=1S/C7H3NO2S/c9-6-3-4-5(11-6)1-2-8-7(4)10/h1-3H. The average Bonchev–Trinajstić information content (AvgIpc) is 2.31. The molecule has 0 atom stereocenters. The fourth-order valence-corrected chi connectivity index (χ4v) is 1.69. The Kier molecular flexibility index (Phi) is 1.29. The van der Waals surface area contributed by atoms with Gasteiger partial charge in [-0.2, -0.15) is 0 Å². The molecule has 0 saturated carbocycles. The Balaban J connectivity index is 2.52. The van der Waals surface area contributed by atoms with Gasteiger partial charge in [-0.1, -0.05) is 0 Å². The highest BCUT2D eigenvalue weighted by atomic mass is 32.2. The Labute approximate surface area is 66.9 Å². The van der Waals surface area contributed by atoms with Crippen molar-refractivity contribution in [3.05, 3.63) is 22.6 Å². The first kappa shape index (κ1) is 6.54. The molecule has 3 nitrogen and oxygen atoms in total. The first-order valence-corrected chi connectivity index (χ1v) is 3.81. The summed E-state index contributed by atoms with van der Waals surface area (Å²) < 4.78 is 0. The van der Waals surface area contributed by atoms with Crippen LogP contribution in [0.25, 0.3) is 0 Å². The molecule has 4 heteroatoms. The van der Waals surface area contributed by atoms with Crippen LogP contribution in [0, 0.1) is 0 Å². The number of carbonyl (C=O) groups excluding carboxylic acids is 2. The summed E-state index contributed by atoms with van der Waals surface area (Å²) in [5.74, 6) is -0.319. The molecule has 0 fully saturated rings. The lowest BCUT2D eigenvalue weighted by Crippen LogP contribution is -2.01. The molecular formula is C7H3NO2S. The van der Waals surface area contributed by atoms with Gasteiger partial charge in [0.25, 0.3) is 5.91 Å². The minimum absolute atomic E-state index is 0.0925. The van der Waals surface area contributed by atoms with E-state index in [0.29, 0.717) is 5.57 Å². The summed E-state index contributed by atoms with van der Waals surface area (Å²) in [6, 6.07) is 0. The smallest absolute Gasteiger partial charge is 0.278 e. The van der Waals surface area contributed by atoms with Crippen molar-refractivity contribution in [1.82, 2.24) is 0 Å². The molecule has 0 aliphatic carbocycles. The summed E-state index contributed by atoms with van der Waals surface area (Å²) in [5, 5.41) is -0.0925. The fraction of sp³-hybridized carbons (Fsp3) is 0. The molecule has 0 aromatic heterocycles. The number of aliphatic imine (C=N–C) groups is 1. The normalized spacial score (nSPS) is 21.5. The monoisotopic (exact) mass is 165 g/mol. The number of hydrogen-bond acceptors (Lipinski definition) is 3. The van der Waals surface area contributed by atoms with Gasteiger partial charge in [0.1, 0.15) is 0 Å².